The van der Waals surface area contributed by atoms with Crippen LogP contribution >= 0.6 is 0 Å². The predicted molar refractivity (Wildman–Crippen MR) is 82.3 cm³/mol. The lowest BCUT2D eigenvalue weighted by molar-refractivity contribution is -0.385. The molecule has 0 bridgehead atoms. The Labute approximate surface area is 142 Å². The quantitative estimate of drug-likeness (QED) is 0.593. The minimum Gasteiger partial charge on any atom is -0.477 e. The lowest BCUT2D eigenvalue weighted by Crippen LogP contribution is -2.40. The lowest BCUT2D eigenvalue weighted by Gasteiger charge is -2.22. The van der Waals surface area contributed by atoms with Gasteiger partial charge in [-0.15, -0.1) is 0 Å². The molecule has 2 rings (SSSR count). The van der Waals surface area contributed by atoms with Gasteiger partial charge < -0.3 is 9.64 Å². The number of nitro groups is 1. The molecule has 25 heavy (non-hydrogen) atoms. The Morgan fingerprint density at radius 2 is 1.92 bits per heavy atom. The highest BCUT2D eigenvalue weighted by atomic mass is 19.4. The van der Waals surface area contributed by atoms with Crippen LogP contribution in [0.1, 0.15) is 6.42 Å². The third-order valence-corrected chi connectivity index (χ3v) is 3.76. The zero-order chi connectivity index (χ0) is 18.4. The van der Waals surface area contributed by atoms with Gasteiger partial charge in [-0.05, 0) is 12.5 Å². The predicted octanol–water partition coefficient (Wildman–Crippen LogP) is 2.07. The molecule has 1 aliphatic heterocycles. The van der Waals surface area contributed by atoms with Gasteiger partial charge in [0, 0.05) is 32.2 Å². The SMILES string of the molecule is O=C(COc1ccccc1[N+](=O)[O-])N1CCCN(CC(F)(F)F)CC1. The highest BCUT2D eigenvalue weighted by Gasteiger charge is 2.32. The first-order valence-electron chi connectivity index (χ1n) is 7.69. The fourth-order valence-corrected chi connectivity index (χ4v) is 2.59. The summed E-state index contributed by atoms with van der Waals surface area (Å²) in [5, 5.41) is 10.9. The number of alkyl halides is 3. The average molecular weight is 361 g/mol. The highest BCUT2D eigenvalue weighted by Crippen LogP contribution is 2.25. The van der Waals surface area contributed by atoms with E-state index in [9.17, 15) is 28.1 Å². The zero-order valence-electron chi connectivity index (χ0n) is 13.4. The summed E-state index contributed by atoms with van der Waals surface area (Å²) in [6.07, 6.45) is -3.85. The van der Waals surface area contributed by atoms with Crippen LogP contribution in [0.2, 0.25) is 0 Å². The summed E-state index contributed by atoms with van der Waals surface area (Å²) in [6.45, 7) is -0.528. The molecule has 1 saturated heterocycles. The molecule has 1 aromatic rings. The van der Waals surface area contributed by atoms with Crippen molar-refractivity contribution in [1.29, 1.82) is 0 Å². The molecule has 0 aromatic heterocycles. The Balaban J connectivity index is 1.88. The van der Waals surface area contributed by atoms with Gasteiger partial charge in [0.1, 0.15) is 0 Å². The molecule has 1 heterocycles. The van der Waals surface area contributed by atoms with E-state index in [2.05, 4.69) is 0 Å². The average Bonchev–Trinajstić information content (AvgIpc) is 2.76. The number of carbonyl (C=O) groups excluding carboxylic acids is 1. The molecule has 138 valence electrons. The largest absolute Gasteiger partial charge is 0.477 e. The van der Waals surface area contributed by atoms with Crippen LogP contribution < -0.4 is 4.74 Å². The van der Waals surface area contributed by atoms with E-state index in [0.29, 0.717) is 13.0 Å². The Kier molecular flexibility index (Phi) is 6.18. The molecular formula is C15H18F3N3O4. The smallest absolute Gasteiger partial charge is 0.401 e. The van der Waals surface area contributed by atoms with Gasteiger partial charge in [-0.3, -0.25) is 19.8 Å². The van der Waals surface area contributed by atoms with Gasteiger partial charge in [-0.25, -0.2) is 0 Å². The molecule has 0 atom stereocenters. The molecule has 0 aliphatic carbocycles. The van der Waals surface area contributed by atoms with Crippen LogP contribution in [0, 0.1) is 10.1 Å². The third-order valence-electron chi connectivity index (χ3n) is 3.76. The summed E-state index contributed by atoms with van der Waals surface area (Å²) in [4.78, 5) is 25.2. The van der Waals surface area contributed by atoms with Gasteiger partial charge in [0.25, 0.3) is 5.91 Å². The van der Waals surface area contributed by atoms with Crippen LogP contribution in [0.3, 0.4) is 0 Å². The molecule has 1 aliphatic rings. The fraction of sp³-hybridized carbons (Fsp3) is 0.533. The van der Waals surface area contributed by atoms with Gasteiger partial charge in [0.15, 0.2) is 12.4 Å². The van der Waals surface area contributed by atoms with E-state index in [1.807, 2.05) is 0 Å². The van der Waals surface area contributed by atoms with Gasteiger partial charge in [-0.2, -0.15) is 13.2 Å². The Hall–Kier alpha value is -2.36. The summed E-state index contributed by atoms with van der Waals surface area (Å²) in [6, 6.07) is 5.68. The van der Waals surface area contributed by atoms with Gasteiger partial charge in [0.05, 0.1) is 11.5 Å². The van der Waals surface area contributed by atoms with Crippen LogP contribution in [0.5, 0.6) is 5.75 Å². The first kappa shape index (κ1) is 19.0. The number of carbonyl (C=O) groups is 1. The third kappa shape index (κ3) is 5.89. The van der Waals surface area contributed by atoms with Gasteiger partial charge in [-0.1, -0.05) is 12.1 Å². The second-order valence-electron chi connectivity index (χ2n) is 5.64. The standard InChI is InChI=1S/C15H18F3N3O4/c16-15(17,18)11-19-6-3-7-20(9-8-19)14(22)10-25-13-5-2-1-4-12(13)21(23)24/h1-2,4-5H,3,6-11H2. The monoisotopic (exact) mass is 361 g/mol. The van der Waals surface area contributed by atoms with Gasteiger partial charge >= 0.3 is 11.9 Å². The second kappa shape index (κ2) is 8.15. The van der Waals surface area contributed by atoms with Crippen LogP contribution in [0.15, 0.2) is 24.3 Å². The molecule has 0 radical (unpaired) electrons. The number of hydrogen-bond acceptors (Lipinski definition) is 5. The summed E-state index contributed by atoms with van der Waals surface area (Å²) >= 11 is 0. The maximum Gasteiger partial charge on any atom is 0.401 e. The van der Waals surface area contributed by atoms with Crippen molar-refractivity contribution in [3.63, 3.8) is 0 Å². The van der Waals surface area contributed by atoms with Crippen LogP contribution in [0.25, 0.3) is 0 Å². The first-order chi connectivity index (χ1) is 11.8. The van der Waals surface area contributed by atoms with Crippen molar-refractivity contribution in [1.82, 2.24) is 9.80 Å². The topological polar surface area (TPSA) is 75.9 Å². The van der Waals surface area contributed by atoms with E-state index in [0.717, 1.165) is 0 Å². The van der Waals surface area contributed by atoms with Crippen molar-refractivity contribution in [2.45, 2.75) is 12.6 Å². The molecule has 0 N–H and O–H groups in total. The van der Waals surface area contributed by atoms with E-state index in [1.165, 1.54) is 28.0 Å². The number of para-hydroxylation sites is 2. The molecule has 7 nitrogen and oxygen atoms in total. The van der Waals surface area contributed by atoms with E-state index in [-0.39, 0.29) is 31.1 Å². The first-order valence-corrected chi connectivity index (χ1v) is 7.69. The fourth-order valence-electron chi connectivity index (χ4n) is 2.59. The molecule has 10 heteroatoms. The highest BCUT2D eigenvalue weighted by molar-refractivity contribution is 5.78. The summed E-state index contributed by atoms with van der Waals surface area (Å²) < 4.78 is 42.6. The van der Waals surface area contributed by atoms with Crippen molar-refractivity contribution in [2.75, 3.05) is 39.3 Å². The minimum absolute atomic E-state index is 0.0191. The molecule has 0 saturated carbocycles. The van der Waals surface area contributed by atoms with E-state index in [1.54, 1.807) is 6.07 Å². The molecule has 0 unspecified atom stereocenters. The lowest BCUT2D eigenvalue weighted by atomic mass is 10.3. The Morgan fingerprint density at radius 1 is 1.20 bits per heavy atom. The minimum atomic E-state index is -4.27. The van der Waals surface area contributed by atoms with Crippen LogP contribution in [-0.4, -0.2) is 66.1 Å². The Bertz CT molecular complexity index is 624. The number of nitro benzene ring substituents is 1. The van der Waals surface area contributed by atoms with Crippen LogP contribution in [0.4, 0.5) is 18.9 Å². The molecule has 1 amide bonds. The number of benzene rings is 1. The summed E-state index contributed by atoms with van der Waals surface area (Å²) in [7, 11) is 0. The van der Waals surface area contributed by atoms with Crippen molar-refractivity contribution in [3.05, 3.63) is 34.4 Å². The van der Waals surface area contributed by atoms with E-state index >= 15 is 0 Å². The number of halogens is 3. The zero-order valence-corrected chi connectivity index (χ0v) is 13.4. The maximum atomic E-state index is 12.4. The molecular weight excluding hydrogens is 343 g/mol. The van der Waals surface area contributed by atoms with Gasteiger partial charge in [0.2, 0.25) is 0 Å². The van der Waals surface area contributed by atoms with Crippen LogP contribution in [-0.2, 0) is 4.79 Å². The Morgan fingerprint density at radius 3 is 2.60 bits per heavy atom. The van der Waals surface area contributed by atoms with Crippen molar-refractivity contribution in [3.8, 4) is 5.75 Å². The normalized spacial score (nSPS) is 16.4. The maximum absolute atomic E-state index is 12.4. The number of amides is 1. The van der Waals surface area contributed by atoms with E-state index < -0.39 is 30.2 Å². The van der Waals surface area contributed by atoms with Crippen molar-refractivity contribution >= 4 is 11.6 Å². The molecule has 0 spiro atoms. The van der Waals surface area contributed by atoms with E-state index in [4.69, 9.17) is 4.74 Å². The van der Waals surface area contributed by atoms with Crippen molar-refractivity contribution < 1.29 is 27.6 Å². The molecule has 1 aromatic carbocycles. The summed E-state index contributed by atoms with van der Waals surface area (Å²) in [5.41, 5.74) is -0.248. The second-order valence-corrected chi connectivity index (χ2v) is 5.64. The number of nitrogens with zero attached hydrogens (tertiary/aromatic N) is 3. The molecule has 1 fully saturated rings. The number of ether oxygens (including phenoxy) is 1. The summed E-state index contributed by atoms with van der Waals surface area (Å²) in [5.74, 6) is -0.429. The number of rotatable bonds is 5. The number of hydrogen-bond donors (Lipinski definition) is 0. The van der Waals surface area contributed by atoms with Crippen molar-refractivity contribution in [2.24, 2.45) is 0 Å².